The Hall–Kier alpha value is -1.75. The standard InChI is InChI=1S/C19H28N2O3/c22-17-6-3-4-15(10-17)11-20-19(23)21-12-16-5-1-2-7-18(16)24-13-14-8-9-14/h1-2,5,7,14-15,17,22H,3-4,6,8-13H2,(H2,20,21,23). The maximum absolute atomic E-state index is 12.0. The monoisotopic (exact) mass is 332 g/mol. The summed E-state index contributed by atoms with van der Waals surface area (Å²) in [5.74, 6) is 1.95. The van der Waals surface area contributed by atoms with Crippen LogP contribution >= 0.6 is 0 Å². The second-order valence-corrected chi connectivity index (χ2v) is 7.11. The summed E-state index contributed by atoms with van der Waals surface area (Å²) in [7, 11) is 0. The maximum Gasteiger partial charge on any atom is 0.315 e. The van der Waals surface area contributed by atoms with Crippen molar-refractivity contribution in [2.75, 3.05) is 13.2 Å². The smallest absolute Gasteiger partial charge is 0.315 e. The van der Waals surface area contributed by atoms with Gasteiger partial charge in [-0.3, -0.25) is 0 Å². The lowest BCUT2D eigenvalue weighted by Crippen LogP contribution is -2.39. The molecule has 3 N–H and O–H groups in total. The lowest BCUT2D eigenvalue weighted by molar-refractivity contribution is 0.101. The van der Waals surface area contributed by atoms with Crippen molar-refractivity contribution in [2.45, 2.75) is 51.2 Å². The van der Waals surface area contributed by atoms with E-state index >= 15 is 0 Å². The van der Waals surface area contributed by atoms with E-state index in [1.54, 1.807) is 0 Å². The average molecular weight is 332 g/mol. The highest BCUT2D eigenvalue weighted by molar-refractivity contribution is 5.73. The second kappa shape index (κ2) is 8.38. The van der Waals surface area contributed by atoms with Gasteiger partial charge in [-0.2, -0.15) is 0 Å². The first-order chi connectivity index (χ1) is 11.7. The van der Waals surface area contributed by atoms with E-state index in [9.17, 15) is 9.90 Å². The molecule has 0 spiro atoms. The molecular formula is C19H28N2O3. The Labute approximate surface area is 143 Å². The first-order valence-electron chi connectivity index (χ1n) is 9.11. The molecule has 2 unspecified atom stereocenters. The van der Waals surface area contributed by atoms with Crippen LogP contribution in [0.1, 0.15) is 44.1 Å². The van der Waals surface area contributed by atoms with Gasteiger partial charge in [-0.15, -0.1) is 0 Å². The van der Waals surface area contributed by atoms with Crippen molar-refractivity contribution in [3.05, 3.63) is 29.8 Å². The summed E-state index contributed by atoms with van der Waals surface area (Å²) in [5.41, 5.74) is 1.00. The van der Waals surface area contributed by atoms with Crippen LogP contribution in [0.4, 0.5) is 4.79 Å². The van der Waals surface area contributed by atoms with Crippen LogP contribution in [-0.2, 0) is 6.54 Å². The quantitative estimate of drug-likeness (QED) is 0.719. The molecule has 2 aliphatic carbocycles. The number of nitrogens with one attached hydrogen (secondary N) is 2. The minimum atomic E-state index is -0.205. The summed E-state index contributed by atoms with van der Waals surface area (Å²) < 4.78 is 5.86. The van der Waals surface area contributed by atoms with Crippen molar-refractivity contribution in [3.63, 3.8) is 0 Å². The zero-order valence-electron chi connectivity index (χ0n) is 14.2. The number of benzene rings is 1. The van der Waals surface area contributed by atoms with Gasteiger partial charge in [0, 0.05) is 18.7 Å². The van der Waals surface area contributed by atoms with Gasteiger partial charge in [-0.05, 0) is 50.0 Å². The third-order valence-electron chi connectivity index (χ3n) is 4.89. The van der Waals surface area contributed by atoms with Crippen molar-refractivity contribution in [1.29, 1.82) is 0 Å². The van der Waals surface area contributed by atoms with Gasteiger partial charge in [0.15, 0.2) is 0 Å². The molecule has 2 aliphatic rings. The first-order valence-corrected chi connectivity index (χ1v) is 9.11. The Morgan fingerprint density at radius 3 is 2.75 bits per heavy atom. The Kier molecular flexibility index (Phi) is 5.96. The van der Waals surface area contributed by atoms with Crippen LogP contribution in [0.15, 0.2) is 24.3 Å². The fourth-order valence-corrected chi connectivity index (χ4v) is 3.21. The fraction of sp³-hybridized carbons (Fsp3) is 0.632. The summed E-state index contributed by atoms with van der Waals surface area (Å²) in [6, 6.07) is 7.70. The van der Waals surface area contributed by atoms with Gasteiger partial charge in [0.2, 0.25) is 0 Å². The lowest BCUT2D eigenvalue weighted by atomic mass is 9.87. The molecule has 1 aromatic rings. The normalized spacial score (nSPS) is 23.5. The second-order valence-electron chi connectivity index (χ2n) is 7.11. The number of ether oxygens (including phenoxy) is 1. The van der Waals surface area contributed by atoms with Crippen molar-refractivity contribution >= 4 is 6.03 Å². The van der Waals surface area contributed by atoms with E-state index < -0.39 is 0 Å². The molecule has 1 aromatic carbocycles. The van der Waals surface area contributed by atoms with E-state index in [1.807, 2.05) is 24.3 Å². The van der Waals surface area contributed by atoms with Gasteiger partial charge in [0.25, 0.3) is 0 Å². The number of carbonyl (C=O) groups is 1. The third kappa shape index (κ3) is 5.41. The van der Waals surface area contributed by atoms with E-state index in [0.717, 1.165) is 43.6 Å². The van der Waals surface area contributed by atoms with Crippen LogP contribution in [0.3, 0.4) is 0 Å². The zero-order valence-corrected chi connectivity index (χ0v) is 14.2. The molecule has 0 heterocycles. The van der Waals surface area contributed by atoms with Crippen molar-refractivity contribution < 1.29 is 14.6 Å². The van der Waals surface area contributed by atoms with Gasteiger partial charge in [-0.1, -0.05) is 24.6 Å². The number of urea groups is 1. The van der Waals surface area contributed by atoms with Gasteiger partial charge in [0.1, 0.15) is 5.75 Å². The van der Waals surface area contributed by atoms with Crippen LogP contribution in [0.25, 0.3) is 0 Å². The largest absolute Gasteiger partial charge is 0.493 e. The van der Waals surface area contributed by atoms with Crippen LogP contribution < -0.4 is 15.4 Å². The van der Waals surface area contributed by atoms with E-state index in [4.69, 9.17) is 4.74 Å². The average Bonchev–Trinajstić information content (AvgIpc) is 3.41. The summed E-state index contributed by atoms with van der Waals surface area (Å²) in [6.07, 6.45) is 6.12. The van der Waals surface area contributed by atoms with Crippen molar-refractivity contribution in [2.24, 2.45) is 11.8 Å². The molecule has 0 aliphatic heterocycles. The Morgan fingerprint density at radius 1 is 1.12 bits per heavy atom. The highest BCUT2D eigenvalue weighted by Crippen LogP contribution is 2.30. The van der Waals surface area contributed by atoms with Gasteiger partial charge in [-0.25, -0.2) is 4.79 Å². The zero-order chi connectivity index (χ0) is 16.8. The Balaban J connectivity index is 1.40. The molecule has 5 nitrogen and oxygen atoms in total. The number of hydrogen-bond donors (Lipinski definition) is 3. The van der Waals surface area contributed by atoms with Crippen LogP contribution in [0.2, 0.25) is 0 Å². The van der Waals surface area contributed by atoms with E-state index in [2.05, 4.69) is 10.6 Å². The minimum Gasteiger partial charge on any atom is -0.493 e. The maximum atomic E-state index is 12.0. The lowest BCUT2D eigenvalue weighted by Gasteiger charge is -2.25. The molecule has 132 valence electrons. The molecule has 24 heavy (non-hydrogen) atoms. The first kappa shape index (κ1) is 17.1. The number of aliphatic hydroxyl groups excluding tert-OH is 1. The number of rotatable bonds is 7. The SMILES string of the molecule is O=C(NCc1ccccc1OCC1CC1)NCC1CCCC(O)C1. The third-order valence-corrected chi connectivity index (χ3v) is 4.89. The van der Waals surface area contributed by atoms with E-state index in [0.29, 0.717) is 24.9 Å². The topological polar surface area (TPSA) is 70.6 Å². The van der Waals surface area contributed by atoms with Crippen molar-refractivity contribution in [1.82, 2.24) is 10.6 Å². The number of carbonyl (C=O) groups excluding carboxylic acids is 1. The Morgan fingerprint density at radius 2 is 1.96 bits per heavy atom. The fourth-order valence-electron chi connectivity index (χ4n) is 3.21. The number of amides is 2. The summed E-state index contributed by atoms with van der Waals surface area (Å²) in [5, 5.41) is 15.5. The molecule has 2 fully saturated rings. The van der Waals surface area contributed by atoms with Gasteiger partial charge < -0.3 is 20.5 Å². The van der Waals surface area contributed by atoms with Crippen LogP contribution in [0, 0.1) is 11.8 Å². The molecule has 5 heteroatoms. The summed E-state index contributed by atoms with van der Waals surface area (Å²) in [4.78, 5) is 12.0. The molecule has 0 aromatic heterocycles. The summed E-state index contributed by atoms with van der Waals surface area (Å²) in [6.45, 7) is 1.86. The molecular weight excluding hydrogens is 304 g/mol. The van der Waals surface area contributed by atoms with Crippen LogP contribution in [-0.4, -0.2) is 30.4 Å². The molecule has 0 saturated heterocycles. The van der Waals surface area contributed by atoms with E-state index in [-0.39, 0.29) is 12.1 Å². The molecule has 0 radical (unpaired) electrons. The highest BCUT2D eigenvalue weighted by Gasteiger charge is 2.22. The molecule has 2 saturated carbocycles. The van der Waals surface area contributed by atoms with Crippen molar-refractivity contribution in [3.8, 4) is 5.75 Å². The minimum absolute atomic E-state index is 0.160. The number of para-hydroxylation sites is 1. The van der Waals surface area contributed by atoms with E-state index in [1.165, 1.54) is 12.8 Å². The highest BCUT2D eigenvalue weighted by atomic mass is 16.5. The predicted octanol–water partition coefficient (Wildman–Crippen LogP) is 2.83. The molecule has 3 rings (SSSR count). The predicted molar refractivity (Wildman–Crippen MR) is 92.9 cm³/mol. The Bertz CT molecular complexity index is 545. The summed E-state index contributed by atoms with van der Waals surface area (Å²) >= 11 is 0. The number of hydrogen-bond acceptors (Lipinski definition) is 3. The molecule has 0 bridgehead atoms. The van der Waals surface area contributed by atoms with Gasteiger partial charge in [0.05, 0.1) is 12.7 Å². The van der Waals surface area contributed by atoms with Crippen LogP contribution in [0.5, 0.6) is 5.75 Å². The number of aliphatic hydroxyl groups is 1. The van der Waals surface area contributed by atoms with Gasteiger partial charge >= 0.3 is 6.03 Å². The molecule has 2 amide bonds. The molecule has 2 atom stereocenters.